The van der Waals surface area contributed by atoms with Crippen LogP contribution in [0, 0.1) is 10.1 Å². The minimum absolute atomic E-state index is 0.0167. The summed E-state index contributed by atoms with van der Waals surface area (Å²) in [6.45, 7) is 0. The van der Waals surface area contributed by atoms with Gasteiger partial charge in [-0.25, -0.2) is 9.97 Å². The van der Waals surface area contributed by atoms with E-state index in [0.717, 1.165) is 10.6 Å². The van der Waals surface area contributed by atoms with Crippen LogP contribution in [-0.4, -0.2) is 21.1 Å². The molecule has 1 aromatic heterocycles. The Morgan fingerprint density at radius 1 is 1.14 bits per heavy atom. The van der Waals surface area contributed by atoms with Crippen molar-refractivity contribution in [2.45, 2.75) is 4.90 Å². The first-order chi connectivity index (χ1) is 10.7. The lowest BCUT2D eigenvalue weighted by atomic mass is 10.2. The number of rotatable bonds is 4. The quantitative estimate of drug-likeness (QED) is 0.445. The Balaban J connectivity index is 2.01. The molecule has 0 spiro atoms. The first-order valence-electron chi connectivity index (χ1n) is 6.47. The van der Waals surface area contributed by atoms with E-state index in [0.29, 0.717) is 16.7 Å². The largest absolute Gasteiger partial charge is 0.340 e. The SMILES string of the molecule is CSc1ccc(Nc2ncnc3ccc([N+](=O)[O-])cc23)cc1. The molecule has 0 saturated carbocycles. The van der Waals surface area contributed by atoms with Crippen LogP contribution in [0.3, 0.4) is 0 Å². The second-order valence-corrected chi connectivity index (χ2v) is 5.41. The molecule has 0 unspecified atom stereocenters. The van der Waals surface area contributed by atoms with Gasteiger partial charge in [0.25, 0.3) is 5.69 Å². The van der Waals surface area contributed by atoms with Crippen molar-refractivity contribution < 1.29 is 4.92 Å². The van der Waals surface area contributed by atoms with Gasteiger partial charge in [-0.05, 0) is 36.6 Å². The fraction of sp³-hybridized carbons (Fsp3) is 0.0667. The van der Waals surface area contributed by atoms with Crippen LogP contribution in [0.1, 0.15) is 0 Å². The van der Waals surface area contributed by atoms with Gasteiger partial charge in [0.15, 0.2) is 0 Å². The molecule has 0 aliphatic heterocycles. The van der Waals surface area contributed by atoms with Gasteiger partial charge in [0, 0.05) is 28.1 Å². The average Bonchev–Trinajstić information content (AvgIpc) is 2.55. The van der Waals surface area contributed by atoms with Crippen LogP contribution >= 0.6 is 11.8 Å². The lowest BCUT2D eigenvalue weighted by molar-refractivity contribution is -0.384. The van der Waals surface area contributed by atoms with Gasteiger partial charge in [0.05, 0.1) is 10.4 Å². The molecule has 0 fully saturated rings. The van der Waals surface area contributed by atoms with E-state index in [4.69, 9.17) is 0 Å². The second kappa shape index (κ2) is 5.98. The zero-order valence-electron chi connectivity index (χ0n) is 11.7. The molecule has 110 valence electrons. The monoisotopic (exact) mass is 312 g/mol. The zero-order valence-corrected chi connectivity index (χ0v) is 12.5. The molecular formula is C15H12N4O2S. The third-order valence-corrected chi connectivity index (χ3v) is 3.93. The minimum Gasteiger partial charge on any atom is -0.340 e. The molecule has 7 heteroatoms. The van der Waals surface area contributed by atoms with Gasteiger partial charge in [-0.2, -0.15) is 0 Å². The highest BCUT2D eigenvalue weighted by Gasteiger charge is 2.10. The van der Waals surface area contributed by atoms with Crippen LogP contribution < -0.4 is 5.32 Å². The molecule has 22 heavy (non-hydrogen) atoms. The predicted molar refractivity (Wildman–Crippen MR) is 87.7 cm³/mol. The number of thioether (sulfide) groups is 1. The molecular weight excluding hydrogens is 300 g/mol. The van der Waals surface area contributed by atoms with E-state index in [1.807, 2.05) is 30.5 Å². The van der Waals surface area contributed by atoms with Gasteiger partial charge in [0.1, 0.15) is 12.1 Å². The van der Waals surface area contributed by atoms with E-state index >= 15 is 0 Å². The van der Waals surface area contributed by atoms with E-state index in [1.165, 1.54) is 18.5 Å². The predicted octanol–water partition coefficient (Wildman–Crippen LogP) is 4.00. The number of non-ortho nitro benzene ring substituents is 1. The molecule has 3 rings (SSSR count). The topological polar surface area (TPSA) is 81.0 Å². The van der Waals surface area contributed by atoms with Crippen molar-refractivity contribution in [2.75, 3.05) is 11.6 Å². The zero-order chi connectivity index (χ0) is 15.5. The Morgan fingerprint density at radius 3 is 2.59 bits per heavy atom. The van der Waals surface area contributed by atoms with Crippen molar-refractivity contribution >= 4 is 39.9 Å². The number of nitro groups is 1. The lowest BCUT2D eigenvalue weighted by Gasteiger charge is -2.08. The summed E-state index contributed by atoms with van der Waals surface area (Å²) in [5.41, 5.74) is 1.54. The molecule has 0 bridgehead atoms. The lowest BCUT2D eigenvalue weighted by Crippen LogP contribution is -1.97. The second-order valence-electron chi connectivity index (χ2n) is 4.53. The first-order valence-corrected chi connectivity index (χ1v) is 7.70. The normalized spacial score (nSPS) is 10.6. The summed E-state index contributed by atoms with van der Waals surface area (Å²) in [6, 6.07) is 12.4. The number of hydrogen-bond acceptors (Lipinski definition) is 6. The first kappa shape index (κ1) is 14.3. The van der Waals surface area contributed by atoms with Crippen LogP contribution in [0.25, 0.3) is 10.9 Å². The summed E-state index contributed by atoms with van der Waals surface area (Å²) in [7, 11) is 0. The van der Waals surface area contributed by atoms with Crippen molar-refractivity contribution in [1.29, 1.82) is 0 Å². The number of hydrogen-bond donors (Lipinski definition) is 1. The average molecular weight is 312 g/mol. The molecule has 0 radical (unpaired) electrons. The number of nitrogens with one attached hydrogen (secondary N) is 1. The van der Waals surface area contributed by atoms with Crippen molar-refractivity contribution in [2.24, 2.45) is 0 Å². The maximum atomic E-state index is 10.9. The molecule has 1 N–H and O–H groups in total. The van der Waals surface area contributed by atoms with Crippen LogP contribution in [0.5, 0.6) is 0 Å². The molecule has 3 aromatic rings. The third kappa shape index (κ3) is 2.84. The van der Waals surface area contributed by atoms with E-state index in [1.54, 1.807) is 17.8 Å². The molecule has 0 aliphatic carbocycles. The number of nitro benzene ring substituents is 1. The number of benzene rings is 2. The summed E-state index contributed by atoms with van der Waals surface area (Å²) in [5, 5.41) is 14.7. The van der Waals surface area contributed by atoms with E-state index < -0.39 is 4.92 Å². The summed E-state index contributed by atoms with van der Waals surface area (Å²) in [4.78, 5) is 20.0. The summed E-state index contributed by atoms with van der Waals surface area (Å²) in [5.74, 6) is 0.547. The Hall–Kier alpha value is -2.67. The molecule has 0 atom stereocenters. The Kier molecular flexibility index (Phi) is 3.88. The molecule has 0 aliphatic rings. The van der Waals surface area contributed by atoms with Gasteiger partial charge in [-0.1, -0.05) is 0 Å². The van der Waals surface area contributed by atoms with E-state index in [9.17, 15) is 10.1 Å². The Bertz CT molecular complexity index is 837. The highest BCUT2D eigenvalue weighted by atomic mass is 32.2. The van der Waals surface area contributed by atoms with Crippen LogP contribution in [0.2, 0.25) is 0 Å². The molecule has 1 heterocycles. The minimum atomic E-state index is -0.427. The number of nitrogens with zero attached hydrogens (tertiary/aromatic N) is 3. The van der Waals surface area contributed by atoms with E-state index in [-0.39, 0.29) is 5.69 Å². The maximum Gasteiger partial charge on any atom is 0.270 e. The Morgan fingerprint density at radius 2 is 1.91 bits per heavy atom. The summed E-state index contributed by atoms with van der Waals surface area (Å²) < 4.78 is 0. The maximum absolute atomic E-state index is 10.9. The van der Waals surface area contributed by atoms with Gasteiger partial charge < -0.3 is 5.32 Å². The third-order valence-electron chi connectivity index (χ3n) is 3.18. The molecule has 0 saturated heterocycles. The number of anilines is 2. The highest BCUT2D eigenvalue weighted by Crippen LogP contribution is 2.27. The molecule has 2 aromatic carbocycles. The standard InChI is InChI=1S/C15H12N4O2S/c1-22-12-5-2-10(3-6-12)18-15-13-8-11(19(20)21)4-7-14(13)16-9-17-15/h2-9H,1H3,(H,16,17,18). The van der Waals surface area contributed by atoms with Crippen molar-refractivity contribution in [1.82, 2.24) is 9.97 Å². The van der Waals surface area contributed by atoms with Crippen LogP contribution in [-0.2, 0) is 0 Å². The van der Waals surface area contributed by atoms with Crippen LogP contribution in [0.4, 0.5) is 17.2 Å². The van der Waals surface area contributed by atoms with E-state index in [2.05, 4.69) is 15.3 Å². The fourth-order valence-corrected chi connectivity index (χ4v) is 2.48. The smallest absolute Gasteiger partial charge is 0.270 e. The van der Waals surface area contributed by atoms with Gasteiger partial charge >= 0.3 is 0 Å². The Labute approximate surface area is 130 Å². The number of aromatic nitrogens is 2. The highest BCUT2D eigenvalue weighted by molar-refractivity contribution is 7.98. The summed E-state index contributed by atoms with van der Waals surface area (Å²) in [6.07, 6.45) is 3.45. The van der Waals surface area contributed by atoms with Gasteiger partial charge in [-0.15, -0.1) is 11.8 Å². The van der Waals surface area contributed by atoms with Gasteiger partial charge in [0.2, 0.25) is 0 Å². The molecule has 6 nitrogen and oxygen atoms in total. The molecule has 0 amide bonds. The van der Waals surface area contributed by atoms with Crippen LogP contribution in [0.15, 0.2) is 53.7 Å². The van der Waals surface area contributed by atoms with Gasteiger partial charge in [-0.3, -0.25) is 10.1 Å². The van der Waals surface area contributed by atoms with Crippen molar-refractivity contribution in [3.05, 3.63) is 58.9 Å². The number of fused-ring (bicyclic) bond motifs is 1. The van der Waals surface area contributed by atoms with Crippen molar-refractivity contribution in [3.63, 3.8) is 0 Å². The summed E-state index contributed by atoms with van der Waals surface area (Å²) >= 11 is 1.66. The fourth-order valence-electron chi connectivity index (χ4n) is 2.07. The van der Waals surface area contributed by atoms with Crippen molar-refractivity contribution in [3.8, 4) is 0 Å².